The summed E-state index contributed by atoms with van der Waals surface area (Å²) in [5.41, 5.74) is 0. The summed E-state index contributed by atoms with van der Waals surface area (Å²) in [6.45, 7) is 0. The highest BCUT2D eigenvalue weighted by molar-refractivity contribution is 4.54. The molecule has 0 heterocycles. The van der Waals surface area contributed by atoms with Crippen molar-refractivity contribution in [3.63, 3.8) is 0 Å². The smallest absolute Gasteiger partial charge is 0.0533 e. The molecule has 0 bridgehead atoms. The Morgan fingerprint density at radius 1 is 0.0476 bits per heavy atom. The van der Waals surface area contributed by atoms with Crippen LogP contribution in [0.1, 0.15) is 270 Å². The largest absolute Gasteiger partial charge is 0.0533 e. The molecule has 0 amide bonds. The fourth-order valence-electron chi connectivity index (χ4n) is 7.42. The van der Waals surface area contributed by atoms with Crippen LogP contribution in [0.2, 0.25) is 0 Å². The van der Waals surface area contributed by atoms with E-state index >= 15 is 0 Å². The lowest BCUT2D eigenvalue weighted by Crippen LogP contribution is -1.85. The van der Waals surface area contributed by atoms with Gasteiger partial charge in [-0.1, -0.05) is 270 Å². The first-order valence-electron chi connectivity index (χ1n) is 21.0. The zero-order valence-electron chi connectivity index (χ0n) is 29.7. The Balaban J connectivity index is 0.000000245. The number of rotatable bonds is 0. The molecule has 252 valence electrons. The van der Waals surface area contributed by atoms with Gasteiger partial charge in [-0.05, 0) is 0 Å². The van der Waals surface area contributed by atoms with Gasteiger partial charge < -0.3 is 0 Å². The summed E-state index contributed by atoms with van der Waals surface area (Å²) < 4.78 is 0. The molecule has 7 saturated carbocycles. The van der Waals surface area contributed by atoms with Gasteiger partial charge in [0.15, 0.2) is 0 Å². The van der Waals surface area contributed by atoms with Crippen molar-refractivity contribution in [1.82, 2.24) is 0 Å². The van der Waals surface area contributed by atoms with Crippen LogP contribution in [-0.2, 0) is 0 Å². The van der Waals surface area contributed by atoms with E-state index in [0.717, 1.165) is 0 Å². The highest BCUT2D eigenvalue weighted by Gasteiger charge is 1.99. The van der Waals surface area contributed by atoms with Crippen molar-refractivity contribution < 1.29 is 0 Å². The molecule has 0 aromatic rings. The van der Waals surface area contributed by atoms with Gasteiger partial charge in [-0.15, -0.1) is 0 Å². The van der Waals surface area contributed by atoms with Gasteiger partial charge >= 0.3 is 0 Å². The minimum absolute atomic E-state index is 1.50. The second-order valence-corrected chi connectivity index (χ2v) is 14.8. The molecule has 0 aromatic heterocycles. The average Bonchev–Trinajstić information content (AvgIpc) is 3.15. The van der Waals surface area contributed by atoms with E-state index in [1.165, 1.54) is 270 Å². The monoisotopic (exact) mass is 589 g/mol. The molecule has 0 unspecified atom stereocenters. The molecule has 0 radical (unpaired) electrons. The fourth-order valence-corrected chi connectivity index (χ4v) is 7.42. The minimum atomic E-state index is 1.50. The maximum Gasteiger partial charge on any atom is -0.0533 e. The highest BCUT2D eigenvalue weighted by atomic mass is 14.0. The van der Waals surface area contributed by atoms with Crippen LogP contribution in [0.5, 0.6) is 0 Å². The first-order valence-corrected chi connectivity index (χ1v) is 21.0. The third kappa shape index (κ3) is 34.5. The Morgan fingerprint density at radius 2 is 0.0714 bits per heavy atom. The van der Waals surface area contributed by atoms with Crippen molar-refractivity contribution in [3.05, 3.63) is 0 Å². The molecular formula is C42H84. The normalized spacial score (nSPS) is 24.0. The molecule has 0 saturated heterocycles. The summed E-state index contributed by atoms with van der Waals surface area (Å²) in [7, 11) is 0. The second kappa shape index (κ2) is 37.2. The van der Waals surface area contributed by atoms with Gasteiger partial charge in [-0.3, -0.25) is 0 Å². The molecule has 0 heteroatoms. The van der Waals surface area contributed by atoms with Crippen LogP contribution in [0, 0.1) is 0 Å². The quantitative estimate of drug-likeness (QED) is 0.264. The predicted octanol–water partition coefficient (Wildman–Crippen LogP) is 16.4. The first-order chi connectivity index (χ1) is 21.0. The summed E-state index contributed by atoms with van der Waals surface area (Å²) in [5.74, 6) is 0. The zero-order chi connectivity index (χ0) is 29.7. The Labute approximate surface area is 269 Å². The van der Waals surface area contributed by atoms with Crippen molar-refractivity contribution in [2.75, 3.05) is 0 Å². The van der Waals surface area contributed by atoms with Crippen molar-refractivity contribution in [2.45, 2.75) is 270 Å². The van der Waals surface area contributed by atoms with E-state index in [4.69, 9.17) is 0 Å². The van der Waals surface area contributed by atoms with Crippen LogP contribution in [0.3, 0.4) is 0 Å². The van der Waals surface area contributed by atoms with E-state index in [0.29, 0.717) is 0 Å². The Bertz CT molecular complexity index is 226. The lowest BCUT2D eigenvalue weighted by atomic mass is 10.0. The van der Waals surface area contributed by atoms with Gasteiger partial charge in [0.1, 0.15) is 0 Å². The number of hydrogen-bond donors (Lipinski definition) is 0. The zero-order valence-corrected chi connectivity index (χ0v) is 29.7. The second-order valence-electron chi connectivity index (χ2n) is 14.8. The van der Waals surface area contributed by atoms with Gasteiger partial charge in [-0.2, -0.15) is 0 Å². The summed E-state index contributed by atoms with van der Waals surface area (Å²) in [6, 6.07) is 0. The van der Waals surface area contributed by atoms with Crippen LogP contribution in [-0.4, -0.2) is 0 Å². The summed E-state index contributed by atoms with van der Waals surface area (Å²) in [4.78, 5) is 0. The highest BCUT2D eigenvalue weighted by Crippen LogP contribution is 2.18. The molecular weight excluding hydrogens is 504 g/mol. The molecule has 0 nitrogen and oxygen atoms in total. The van der Waals surface area contributed by atoms with Crippen molar-refractivity contribution in [3.8, 4) is 0 Å². The van der Waals surface area contributed by atoms with Gasteiger partial charge in [0, 0.05) is 0 Å². The van der Waals surface area contributed by atoms with Gasteiger partial charge in [0.2, 0.25) is 0 Å². The number of hydrogen-bond acceptors (Lipinski definition) is 0. The molecule has 7 aliphatic rings. The van der Waals surface area contributed by atoms with E-state index in [1.54, 1.807) is 0 Å². The predicted molar refractivity (Wildman–Crippen MR) is 194 cm³/mol. The lowest BCUT2D eigenvalue weighted by molar-refractivity contribution is 0.504. The Kier molecular flexibility index (Phi) is 35.4. The van der Waals surface area contributed by atoms with Crippen LogP contribution in [0.25, 0.3) is 0 Å². The molecule has 0 aliphatic heterocycles. The van der Waals surface area contributed by atoms with Gasteiger partial charge in [0.25, 0.3) is 0 Å². The molecule has 0 aromatic carbocycles. The van der Waals surface area contributed by atoms with E-state index in [9.17, 15) is 0 Å². The maximum absolute atomic E-state index is 1.50. The SMILES string of the molecule is C1CCCCC1.C1CCCCC1.C1CCCCC1.C1CCCCC1.C1CCCCC1.C1CCCCC1.C1CCCCC1. The molecule has 0 N–H and O–H groups in total. The van der Waals surface area contributed by atoms with Gasteiger partial charge in [0.05, 0.1) is 0 Å². The summed E-state index contributed by atoms with van der Waals surface area (Å²) in [5, 5.41) is 0. The third-order valence-electron chi connectivity index (χ3n) is 10.5. The van der Waals surface area contributed by atoms with E-state index in [1.807, 2.05) is 0 Å². The lowest BCUT2D eigenvalue weighted by Gasteiger charge is -2.05. The van der Waals surface area contributed by atoms with E-state index in [2.05, 4.69) is 0 Å². The molecule has 0 spiro atoms. The summed E-state index contributed by atoms with van der Waals surface area (Å²) >= 11 is 0. The first kappa shape index (κ1) is 40.0. The Morgan fingerprint density at radius 3 is 0.0952 bits per heavy atom. The van der Waals surface area contributed by atoms with Gasteiger partial charge in [-0.25, -0.2) is 0 Å². The summed E-state index contributed by atoms with van der Waals surface area (Å²) in [6.07, 6.45) is 63.0. The standard InChI is InChI=1S/7C6H12/c7*1-2-4-6-5-3-1/h7*1-6H2. The van der Waals surface area contributed by atoms with Crippen molar-refractivity contribution in [1.29, 1.82) is 0 Å². The maximum atomic E-state index is 1.50. The third-order valence-corrected chi connectivity index (χ3v) is 10.5. The molecule has 7 rings (SSSR count). The topological polar surface area (TPSA) is 0 Å². The Hall–Kier alpha value is 0. The van der Waals surface area contributed by atoms with Crippen LogP contribution in [0.15, 0.2) is 0 Å². The van der Waals surface area contributed by atoms with Crippen molar-refractivity contribution in [2.24, 2.45) is 0 Å². The molecule has 7 aliphatic carbocycles. The minimum Gasteiger partial charge on any atom is -0.0533 e. The van der Waals surface area contributed by atoms with Crippen LogP contribution >= 0.6 is 0 Å². The molecule has 42 heavy (non-hydrogen) atoms. The fraction of sp³-hybridized carbons (Fsp3) is 1.00. The average molecular weight is 589 g/mol. The van der Waals surface area contributed by atoms with Crippen molar-refractivity contribution >= 4 is 0 Å². The van der Waals surface area contributed by atoms with E-state index < -0.39 is 0 Å². The van der Waals surface area contributed by atoms with Crippen LogP contribution < -0.4 is 0 Å². The van der Waals surface area contributed by atoms with Crippen LogP contribution in [0.4, 0.5) is 0 Å². The van der Waals surface area contributed by atoms with E-state index in [-0.39, 0.29) is 0 Å². The molecule has 0 atom stereocenters. The molecule has 7 fully saturated rings.